The summed E-state index contributed by atoms with van der Waals surface area (Å²) in [5.74, 6) is 1.01. The van der Waals surface area contributed by atoms with Gasteiger partial charge < -0.3 is 10.6 Å². The number of hydrogen-bond donors (Lipinski definition) is 1. The first-order chi connectivity index (χ1) is 10.2. The van der Waals surface area contributed by atoms with E-state index in [1.165, 1.54) is 49.7 Å². The van der Waals surface area contributed by atoms with Gasteiger partial charge in [-0.1, -0.05) is 39.5 Å². The lowest BCUT2D eigenvalue weighted by Gasteiger charge is -2.30. The van der Waals surface area contributed by atoms with E-state index in [2.05, 4.69) is 36.0 Å². The van der Waals surface area contributed by atoms with Crippen LogP contribution in [0.3, 0.4) is 0 Å². The van der Waals surface area contributed by atoms with Crippen molar-refractivity contribution in [2.45, 2.75) is 77.8 Å². The first kappa shape index (κ1) is 16.2. The highest BCUT2D eigenvalue weighted by Crippen LogP contribution is 2.28. The molecule has 0 bridgehead atoms. The fourth-order valence-electron chi connectivity index (χ4n) is 3.56. The molecule has 0 saturated heterocycles. The fourth-order valence-corrected chi connectivity index (χ4v) is 3.56. The van der Waals surface area contributed by atoms with Crippen LogP contribution >= 0.6 is 0 Å². The molecule has 1 fully saturated rings. The number of nitrogens with two attached hydrogens (primary N) is 1. The summed E-state index contributed by atoms with van der Waals surface area (Å²) >= 11 is 0. The van der Waals surface area contributed by atoms with Crippen molar-refractivity contribution in [3.63, 3.8) is 0 Å². The maximum Gasteiger partial charge on any atom is 0.156 e. The van der Waals surface area contributed by atoms with E-state index in [1.807, 2.05) is 0 Å². The van der Waals surface area contributed by atoms with Gasteiger partial charge in [-0.3, -0.25) is 0 Å². The van der Waals surface area contributed by atoms with Gasteiger partial charge in [0.1, 0.15) is 0 Å². The molecular formula is C17H30N4. The Morgan fingerprint density at radius 1 is 1.00 bits per heavy atom. The summed E-state index contributed by atoms with van der Waals surface area (Å²) in [6.07, 6.45) is 9.83. The normalized spacial score (nSPS) is 16.8. The molecule has 4 heteroatoms. The minimum atomic E-state index is 0.554. The Morgan fingerprint density at radius 2 is 1.67 bits per heavy atom. The zero-order valence-corrected chi connectivity index (χ0v) is 13.9. The van der Waals surface area contributed by atoms with Crippen LogP contribution in [0.15, 0.2) is 0 Å². The standard InChI is InChI=1S/C17H30N4/c1-4-14-15(12-18)17(20-19-16(14)5-2)21(3)13-10-8-6-7-9-11-13/h13H,4-12,18H2,1-3H3. The predicted molar refractivity (Wildman–Crippen MR) is 88.6 cm³/mol. The summed E-state index contributed by atoms with van der Waals surface area (Å²) in [4.78, 5) is 2.35. The van der Waals surface area contributed by atoms with E-state index in [4.69, 9.17) is 5.73 Å². The minimum absolute atomic E-state index is 0.554. The van der Waals surface area contributed by atoms with E-state index >= 15 is 0 Å². The van der Waals surface area contributed by atoms with Gasteiger partial charge in [0.25, 0.3) is 0 Å². The second-order valence-corrected chi connectivity index (χ2v) is 6.09. The molecule has 1 aromatic rings. The second kappa shape index (κ2) is 7.74. The summed E-state index contributed by atoms with van der Waals surface area (Å²) in [5.41, 5.74) is 9.68. The van der Waals surface area contributed by atoms with Crippen molar-refractivity contribution in [2.24, 2.45) is 5.73 Å². The van der Waals surface area contributed by atoms with Crippen molar-refractivity contribution in [1.29, 1.82) is 0 Å². The molecule has 4 nitrogen and oxygen atoms in total. The van der Waals surface area contributed by atoms with Crippen LogP contribution in [-0.4, -0.2) is 23.3 Å². The first-order valence-electron chi connectivity index (χ1n) is 8.53. The van der Waals surface area contributed by atoms with Gasteiger partial charge in [-0.05, 0) is 31.2 Å². The van der Waals surface area contributed by atoms with E-state index in [0.29, 0.717) is 12.6 Å². The SMILES string of the molecule is CCc1nnc(N(C)C2CCCCCC2)c(CN)c1CC. The Bertz CT molecular complexity index is 450. The van der Waals surface area contributed by atoms with Crippen molar-refractivity contribution in [2.75, 3.05) is 11.9 Å². The van der Waals surface area contributed by atoms with Crippen LogP contribution in [0.25, 0.3) is 0 Å². The smallest absolute Gasteiger partial charge is 0.156 e. The maximum absolute atomic E-state index is 6.05. The third-order valence-corrected chi connectivity index (χ3v) is 4.85. The second-order valence-electron chi connectivity index (χ2n) is 6.09. The van der Waals surface area contributed by atoms with E-state index < -0.39 is 0 Å². The van der Waals surface area contributed by atoms with Crippen molar-refractivity contribution < 1.29 is 0 Å². The minimum Gasteiger partial charge on any atom is -0.355 e. The summed E-state index contributed by atoms with van der Waals surface area (Å²) in [5, 5.41) is 9.00. The molecule has 1 heterocycles. The van der Waals surface area contributed by atoms with Gasteiger partial charge in [-0.15, -0.1) is 5.10 Å². The van der Waals surface area contributed by atoms with Gasteiger partial charge in [-0.25, -0.2) is 0 Å². The molecule has 1 saturated carbocycles. The average molecular weight is 290 g/mol. The van der Waals surface area contributed by atoms with Crippen LogP contribution in [-0.2, 0) is 19.4 Å². The highest BCUT2D eigenvalue weighted by molar-refractivity contribution is 5.51. The number of nitrogens with zero attached hydrogens (tertiary/aromatic N) is 3. The van der Waals surface area contributed by atoms with Crippen molar-refractivity contribution in [3.8, 4) is 0 Å². The van der Waals surface area contributed by atoms with Gasteiger partial charge in [0.05, 0.1) is 5.69 Å². The lowest BCUT2D eigenvalue weighted by molar-refractivity contribution is 0.544. The molecule has 0 atom stereocenters. The number of anilines is 1. The molecule has 0 unspecified atom stereocenters. The fraction of sp³-hybridized carbons (Fsp3) is 0.765. The molecule has 0 amide bonds. The van der Waals surface area contributed by atoms with Gasteiger partial charge in [0.15, 0.2) is 5.82 Å². The van der Waals surface area contributed by atoms with Crippen LogP contribution in [0.5, 0.6) is 0 Å². The van der Waals surface area contributed by atoms with Gasteiger partial charge >= 0.3 is 0 Å². The average Bonchev–Trinajstić information content (AvgIpc) is 2.81. The molecule has 21 heavy (non-hydrogen) atoms. The maximum atomic E-state index is 6.05. The van der Waals surface area contributed by atoms with Crippen LogP contribution in [0.2, 0.25) is 0 Å². The van der Waals surface area contributed by atoms with Gasteiger partial charge in [0.2, 0.25) is 0 Å². The van der Waals surface area contributed by atoms with Crippen molar-refractivity contribution in [3.05, 3.63) is 16.8 Å². The molecule has 0 radical (unpaired) electrons. The van der Waals surface area contributed by atoms with Crippen molar-refractivity contribution >= 4 is 5.82 Å². The van der Waals surface area contributed by atoms with E-state index in [1.54, 1.807) is 0 Å². The lowest BCUT2D eigenvalue weighted by Crippen LogP contribution is -2.33. The quantitative estimate of drug-likeness (QED) is 0.846. The van der Waals surface area contributed by atoms with Gasteiger partial charge in [0, 0.05) is 25.2 Å². The molecule has 0 spiro atoms. The first-order valence-corrected chi connectivity index (χ1v) is 8.53. The molecule has 0 aromatic carbocycles. The molecular weight excluding hydrogens is 260 g/mol. The topological polar surface area (TPSA) is 55.0 Å². The lowest BCUT2D eigenvalue weighted by atomic mass is 10.0. The Balaban J connectivity index is 2.33. The number of rotatable bonds is 5. The van der Waals surface area contributed by atoms with Crippen LogP contribution < -0.4 is 10.6 Å². The molecule has 1 aromatic heterocycles. The molecule has 118 valence electrons. The summed E-state index contributed by atoms with van der Waals surface area (Å²) in [6, 6.07) is 0.587. The molecule has 2 N–H and O–H groups in total. The molecule has 1 aliphatic rings. The van der Waals surface area contributed by atoms with Crippen LogP contribution in [0.1, 0.15) is 69.2 Å². The predicted octanol–water partition coefficient (Wildman–Crippen LogP) is 3.22. The van der Waals surface area contributed by atoms with Crippen molar-refractivity contribution in [1.82, 2.24) is 10.2 Å². The number of aryl methyl sites for hydroxylation is 1. The monoisotopic (exact) mass is 290 g/mol. The van der Waals surface area contributed by atoms with Crippen LogP contribution in [0.4, 0.5) is 5.82 Å². The highest BCUT2D eigenvalue weighted by atomic mass is 15.3. The Kier molecular flexibility index (Phi) is 5.97. The van der Waals surface area contributed by atoms with Crippen LogP contribution in [0, 0.1) is 0 Å². The summed E-state index contributed by atoms with van der Waals surface area (Å²) in [6.45, 7) is 4.88. The number of aromatic nitrogens is 2. The Morgan fingerprint density at radius 3 is 2.19 bits per heavy atom. The zero-order valence-electron chi connectivity index (χ0n) is 13.9. The van der Waals surface area contributed by atoms with E-state index in [0.717, 1.165) is 24.4 Å². The largest absolute Gasteiger partial charge is 0.355 e. The highest BCUT2D eigenvalue weighted by Gasteiger charge is 2.22. The summed E-state index contributed by atoms with van der Waals surface area (Å²) in [7, 11) is 2.17. The number of hydrogen-bond acceptors (Lipinski definition) is 4. The zero-order chi connectivity index (χ0) is 15.2. The summed E-state index contributed by atoms with van der Waals surface area (Å²) < 4.78 is 0. The van der Waals surface area contributed by atoms with E-state index in [-0.39, 0.29) is 0 Å². The molecule has 0 aliphatic heterocycles. The molecule has 1 aliphatic carbocycles. The Labute approximate surface area is 129 Å². The Hall–Kier alpha value is -1.16. The van der Waals surface area contributed by atoms with Gasteiger partial charge in [-0.2, -0.15) is 5.10 Å². The van der Waals surface area contributed by atoms with E-state index in [9.17, 15) is 0 Å². The third kappa shape index (κ3) is 3.54. The third-order valence-electron chi connectivity index (χ3n) is 4.85. The molecule has 2 rings (SSSR count).